The first-order valence-corrected chi connectivity index (χ1v) is 13.8. The molecule has 1 fully saturated rings. The minimum atomic E-state index is -4.51. The zero-order valence-electron chi connectivity index (χ0n) is 21.8. The number of hydrogen-bond donors (Lipinski definition) is 0. The van der Waals surface area contributed by atoms with E-state index in [-0.39, 0.29) is 11.9 Å². The summed E-state index contributed by atoms with van der Waals surface area (Å²) in [5.74, 6) is 1.52. The number of imidazole rings is 1. The Hall–Kier alpha value is -3.62. The molecule has 1 aliphatic carbocycles. The maximum Gasteiger partial charge on any atom is 0.434 e. The summed E-state index contributed by atoms with van der Waals surface area (Å²) < 4.78 is 49.6. The van der Waals surface area contributed by atoms with Crippen LogP contribution in [0, 0.1) is 3.70 Å². The highest BCUT2D eigenvalue weighted by Crippen LogP contribution is 2.45. The van der Waals surface area contributed by atoms with Crippen molar-refractivity contribution >= 4 is 33.6 Å². The maximum absolute atomic E-state index is 13.3. The molecule has 0 bridgehead atoms. The molecule has 40 heavy (non-hydrogen) atoms. The van der Waals surface area contributed by atoms with E-state index in [4.69, 9.17) is 9.72 Å². The average Bonchev–Trinajstić information content (AvgIpc) is 3.60. The van der Waals surface area contributed by atoms with Crippen molar-refractivity contribution in [2.75, 3.05) is 7.11 Å². The molecule has 0 radical (unpaired) electrons. The molecule has 0 amide bonds. The van der Waals surface area contributed by atoms with Crippen LogP contribution >= 0.6 is 22.6 Å². The molecule has 6 rings (SSSR count). The van der Waals surface area contributed by atoms with Crippen LogP contribution in [-0.2, 0) is 12.7 Å². The number of ether oxygens (including phenoxy) is 1. The van der Waals surface area contributed by atoms with Crippen LogP contribution in [0.5, 0.6) is 5.88 Å². The third-order valence-electron chi connectivity index (χ3n) is 6.79. The highest BCUT2D eigenvalue weighted by Gasteiger charge is 2.35. The summed E-state index contributed by atoms with van der Waals surface area (Å²) in [6.45, 7) is 4.05. The Kier molecular flexibility index (Phi) is 6.71. The summed E-state index contributed by atoms with van der Waals surface area (Å²) >= 11 is 2.16. The predicted octanol–water partition coefficient (Wildman–Crippen LogP) is 6.29. The number of rotatable bonds is 7. The average molecular weight is 660 g/mol. The first-order valence-electron chi connectivity index (χ1n) is 12.7. The Bertz CT molecular complexity index is 1710. The molecule has 0 saturated heterocycles. The lowest BCUT2D eigenvalue weighted by atomic mass is 10.1. The fraction of sp³-hybridized carbons (Fsp3) is 0.333. The molecule has 1 aliphatic rings. The summed E-state index contributed by atoms with van der Waals surface area (Å²) in [5, 5.41) is 5.49. The van der Waals surface area contributed by atoms with E-state index >= 15 is 0 Å². The van der Waals surface area contributed by atoms with Crippen molar-refractivity contribution in [3.63, 3.8) is 0 Å². The van der Waals surface area contributed by atoms with Gasteiger partial charge in [-0.2, -0.15) is 18.3 Å². The van der Waals surface area contributed by atoms with Gasteiger partial charge in [-0.25, -0.2) is 29.6 Å². The van der Waals surface area contributed by atoms with Crippen LogP contribution < -0.4 is 4.74 Å². The van der Waals surface area contributed by atoms with E-state index in [1.54, 1.807) is 30.1 Å². The summed E-state index contributed by atoms with van der Waals surface area (Å²) in [6, 6.07) is 7.11. The van der Waals surface area contributed by atoms with Gasteiger partial charge in [-0.1, -0.05) is 24.3 Å². The van der Waals surface area contributed by atoms with E-state index in [0.717, 1.165) is 39.4 Å². The Morgan fingerprint density at radius 1 is 1.07 bits per heavy atom. The van der Waals surface area contributed by atoms with Gasteiger partial charge in [-0.05, 0) is 54.8 Å². The fourth-order valence-electron chi connectivity index (χ4n) is 4.64. The number of alkyl halides is 3. The summed E-state index contributed by atoms with van der Waals surface area (Å²) in [5.41, 5.74) is 2.83. The van der Waals surface area contributed by atoms with E-state index in [1.165, 1.54) is 10.9 Å². The van der Waals surface area contributed by atoms with E-state index in [2.05, 4.69) is 47.6 Å². The van der Waals surface area contributed by atoms with Crippen LogP contribution in [0.4, 0.5) is 13.2 Å². The van der Waals surface area contributed by atoms with Crippen LogP contribution in [0.25, 0.3) is 33.8 Å². The zero-order valence-corrected chi connectivity index (χ0v) is 24.0. The molecule has 0 aliphatic heterocycles. The first kappa shape index (κ1) is 26.6. The van der Waals surface area contributed by atoms with Gasteiger partial charge in [0.05, 0.1) is 24.7 Å². The molecular formula is C27H24F3IN8O. The summed E-state index contributed by atoms with van der Waals surface area (Å²) in [6.07, 6.45) is 1.90. The Balaban J connectivity index is 1.34. The minimum Gasteiger partial charge on any atom is -0.480 e. The molecule has 0 atom stereocenters. The van der Waals surface area contributed by atoms with Gasteiger partial charge in [0.15, 0.2) is 17.2 Å². The Morgan fingerprint density at radius 3 is 2.48 bits per heavy atom. The molecule has 5 aromatic rings. The number of halogens is 4. The Labute approximate surface area is 241 Å². The number of methoxy groups -OCH3 is 1. The molecule has 13 heteroatoms. The van der Waals surface area contributed by atoms with Crippen molar-refractivity contribution in [3.8, 4) is 28.7 Å². The SMILES string of the molecule is COc1ncnc(C2CC2)c1-c1ncc2c(I)nn(Cc3ccc(-c4nc(C(F)(F)F)cn4C(C)C)cc3)c2n1. The van der Waals surface area contributed by atoms with Gasteiger partial charge in [-0.3, -0.25) is 0 Å². The molecule has 9 nitrogen and oxygen atoms in total. The molecule has 0 spiro atoms. The number of benzene rings is 1. The molecule has 4 heterocycles. The molecule has 0 N–H and O–H groups in total. The van der Waals surface area contributed by atoms with Gasteiger partial charge in [0.1, 0.15) is 21.4 Å². The second-order valence-corrected chi connectivity index (χ2v) is 11.0. The minimum absolute atomic E-state index is 0.182. The van der Waals surface area contributed by atoms with Crippen LogP contribution in [0.2, 0.25) is 0 Å². The molecule has 4 aromatic heterocycles. The van der Waals surface area contributed by atoms with Gasteiger partial charge >= 0.3 is 6.18 Å². The molecular weight excluding hydrogens is 636 g/mol. The second kappa shape index (κ2) is 10.1. The van der Waals surface area contributed by atoms with Gasteiger partial charge in [0.2, 0.25) is 5.88 Å². The fourth-order valence-corrected chi connectivity index (χ4v) is 5.28. The van der Waals surface area contributed by atoms with Crippen molar-refractivity contribution in [3.05, 3.63) is 63.6 Å². The molecule has 206 valence electrons. The molecule has 0 unspecified atom stereocenters. The summed E-state index contributed by atoms with van der Waals surface area (Å²) in [7, 11) is 1.56. The number of hydrogen-bond acceptors (Lipinski definition) is 7. The van der Waals surface area contributed by atoms with E-state index in [0.29, 0.717) is 40.9 Å². The van der Waals surface area contributed by atoms with Crippen molar-refractivity contribution in [1.82, 2.24) is 39.3 Å². The highest BCUT2D eigenvalue weighted by molar-refractivity contribution is 14.1. The third-order valence-corrected chi connectivity index (χ3v) is 7.59. The lowest BCUT2D eigenvalue weighted by molar-refractivity contribution is -0.140. The van der Waals surface area contributed by atoms with E-state index in [9.17, 15) is 13.2 Å². The van der Waals surface area contributed by atoms with Crippen molar-refractivity contribution in [2.45, 2.75) is 51.4 Å². The first-order chi connectivity index (χ1) is 19.1. The topological polar surface area (TPSA) is 96.4 Å². The van der Waals surface area contributed by atoms with Crippen LogP contribution in [0.15, 0.2) is 43.0 Å². The lowest BCUT2D eigenvalue weighted by Crippen LogP contribution is -2.06. The van der Waals surface area contributed by atoms with Gasteiger partial charge in [0, 0.05) is 29.9 Å². The second-order valence-electron chi connectivity index (χ2n) is 9.94. The number of fused-ring (bicyclic) bond motifs is 1. The standard InChI is InChI=1S/C27H24F3IN8O/c1-14(2)38-12-19(27(28,29)30)35-24(38)17-6-4-15(5-7-17)11-39-25-18(22(31)37-39)10-32-23(36-25)20-21(16-8-9-16)33-13-34-26(20)40-3/h4-7,10,12-14,16H,8-9,11H2,1-3H3. The largest absolute Gasteiger partial charge is 0.480 e. The van der Waals surface area contributed by atoms with Crippen molar-refractivity contribution < 1.29 is 17.9 Å². The van der Waals surface area contributed by atoms with Crippen molar-refractivity contribution in [2.24, 2.45) is 0 Å². The third kappa shape index (κ3) is 4.90. The maximum atomic E-state index is 13.3. The summed E-state index contributed by atoms with van der Waals surface area (Å²) in [4.78, 5) is 22.1. The molecule has 1 saturated carbocycles. The monoisotopic (exact) mass is 660 g/mol. The number of aromatic nitrogens is 8. The normalized spacial score (nSPS) is 13.9. The van der Waals surface area contributed by atoms with Crippen molar-refractivity contribution in [1.29, 1.82) is 0 Å². The highest BCUT2D eigenvalue weighted by atomic mass is 127. The number of nitrogens with zero attached hydrogens (tertiary/aromatic N) is 8. The van der Waals surface area contributed by atoms with Gasteiger partial charge in [0.25, 0.3) is 0 Å². The Morgan fingerprint density at radius 2 is 1.82 bits per heavy atom. The van der Waals surface area contributed by atoms with Crippen LogP contribution in [-0.4, -0.2) is 46.4 Å². The van der Waals surface area contributed by atoms with E-state index in [1.807, 2.05) is 26.0 Å². The smallest absolute Gasteiger partial charge is 0.434 e. The van der Waals surface area contributed by atoms with Gasteiger partial charge in [-0.15, -0.1) is 0 Å². The van der Waals surface area contributed by atoms with Crippen LogP contribution in [0.3, 0.4) is 0 Å². The predicted molar refractivity (Wildman–Crippen MR) is 150 cm³/mol. The lowest BCUT2D eigenvalue weighted by Gasteiger charge is -2.12. The van der Waals surface area contributed by atoms with E-state index < -0.39 is 11.9 Å². The van der Waals surface area contributed by atoms with Crippen LogP contribution in [0.1, 0.15) is 55.6 Å². The van der Waals surface area contributed by atoms with Gasteiger partial charge < -0.3 is 9.30 Å². The zero-order chi connectivity index (χ0) is 28.2. The quantitative estimate of drug-likeness (QED) is 0.190. The molecule has 1 aromatic carbocycles.